The van der Waals surface area contributed by atoms with Crippen LogP contribution in [0.25, 0.3) is 0 Å². The third-order valence-corrected chi connectivity index (χ3v) is 4.91. The molecule has 0 saturated carbocycles. The molecule has 2 atom stereocenters. The van der Waals surface area contributed by atoms with Gasteiger partial charge in [0.25, 0.3) is 0 Å². The van der Waals surface area contributed by atoms with Gasteiger partial charge in [-0.05, 0) is 48.1 Å². The number of carbonyl (C=O) groups is 1. The van der Waals surface area contributed by atoms with E-state index in [0.717, 1.165) is 23.9 Å². The fourth-order valence-corrected chi connectivity index (χ4v) is 2.25. The summed E-state index contributed by atoms with van der Waals surface area (Å²) in [4.78, 5) is 9.41. The predicted molar refractivity (Wildman–Crippen MR) is 142 cm³/mol. The van der Waals surface area contributed by atoms with Gasteiger partial charge in [-0.3, -0.25) is 4.79 Å². The van der Waals surface area contributed by atoms with Gasteiger partial charge in [-0.25, -0.2) is 0 Å². The summed E-state index contributed by atoms with van der Waals surface area (Å²) in [5.74, 6) is 1.80. The van der Waals surface area contributed by atoms with Gasteiger partial charge in [-0.2, -0.15) is 0 Å². The second-order valence-electron chi connectivity index (χ2n) is 7.92. The van der Waals surface area contributed by atoms with Crippen molar-refractivity contribution in [2.75, 3.05) is 27.4 Å². The lowest BCUT2D eigenvalue weighted by atomic mass is 9.91. The number of hydrogen-bond donors (Lipinski definition) is 0. The van der Waals surface area contributed by atoms with Crippen molar-refractivity contribution >= 4 is 6.29 Å². The Labute approximate surface area is 202 Å². The van der Waals surface area contributed by atoms with Crippen LogP contribution in [0.4, 0.5) is 0 Å². The second-order valence-corrected chi connectivity index (χ2v) is 7.92. The van der Waals surface area contributed by atoms with E-state index in [4.69, 9.17) is 14.2 Å². The molecule has 4 nitrogen and oxygen atoms in total. The molecule has 4 heteroatoms. The average molecular weight is 457 g/mol. The van der Waals surface area contributed by atoms with E-state index >= 15 is 0 Å². The normalized spacial score (nSPS) is 13.3. The fraction of sp³-hybridized carbons (Fsp3) is 0.414. The van der Waals surface area contributed by atoms with E-state index in [9.17, 15) is 4.79 Å². The molecule has 0 bridgehead atoms. The zero-order valence-corrected chi connectivity index (χ0v) is 21.8. The number of aldehydes is 1. The van der Waals surface area contributed by atoms with Crippen LogP contribution in [0.1, 0.15) is 41.0 Å². The van der Waals surface area contributed by atoms with Crippen molar-refractivity contribution in [1.82, 2.24) is 0 Å². The molecule has 33 heavy (non-hydrogen) atoms. The van der Waals surface area contributed by atoms with Gasteiger partial charge in [0.1, 0.15) is 12.9 Å². The quantitative estimate of drug-likeness (QED) is 0.0647. The van der Waals surface area contributed by atoms with Crippen molar-refractivity contribution in [3.05, 3.63) is 96.6 Å². The Morgan fingerprint density at radius 2 is 1.52 bits per heavy atom. The number of carbonyl (C=O) groups excluding carboxylic acids is 1. The second kappa shape index (κ2) is 18.7. The monoisotopic (exact) mass is 456 g/mol. The van der Waals surface area contributed by atoms with Crippen molar-refractivity contribution in [2.45, 2.75) is 41.0 Å². The Morgan fingerprint density at radius 1 is 0.939 bits per heavy atom. The Bertz CT molecular complexity index is 777. The van der Waals surface area contributed by atoms with Crippen LogP contribution in [0, 0.1) is 11.8 Å². The van der Waals surface area contributed by atoms with Gasteiger partial charge >= 0.3 is 0 Å². The zero-order chi connectivity index (χ0) is 26.0. The van der Waals surface area contributed by atoms with Gasteiger partial charge in [-0.15, -0.1) is 0 Å². The highest BCUT2D eigenvalue weighted by Crippen LogP contribution is 2.23. The molecule has 0 aliphatic carbocycles. The molecule has 0 aromatic carbocycles. The van der Waals surface area contributed by atoms with Crippen LogP contribution in [-0.2, 0) is 19.0 Å². The van der Waals surface area contributed by atoms with E-state index in [1.165, 1.54) is 5.57 Å². The summed E-state index contributed by atoms with van der Waals surface area (Å²) < 4.78 is 15.8. The molecule has 0 aliphatic rings. The van der Waals surface area contributed by atoms with Gasteiger partial charge in [0.2, 0.25) is 0 Å². The number of hydrogen-bond acceptors (Lipinski definition) is 4. The molecule has 0 saturated heterocycles. The Hall–Kier alpha value is -2.85. The first-order chi connectivity index (χ1) is 15.4. The summed E-state index contributed by atoms with van der Waals surface area (Å²) in [5.41, 5.74) is 4.43. The summed E-state index contributed by atoms with van der Waals surface area (Å²) >= 11 is 0. The highest BCUT2D eigenvalue weighted by Gasteiger charge is 2.09. The lowest BCUT2D eigenvalue weighted by Gasteiger charge is -2.15. The van der Waals surface area contributed by atoms with Crippen LogP contribution < -0.4 is 0 Å². The van der Waals surface area contributed by atoms with Crippen molar-refractivity contribution in [3.63, 3.8) is 0 Å². The maximum Gasteiger partial charge on any atom is 0.161 e. The summed E-state index contributed by atoms with van der Waals surface area (Å²) in [6.07, 6.45) is 9.87. The molecular weight excluding hydrogens is 412 g/mol. The van der Waals surface area contributed by atoms with E-state index < -0.39 is 0 Å². The Balaban J connectivity index is 0. The van der Waals surface area contributed by atoms with Crippen LogP contribution in [0.5, 0.6) is 0 Å². The third-order valence-electron chi connectivity index (χ3n) is 4.91. The number of ether oxygens (including phenoxy) is 3. The molecule has 0 fully saturated rings. The summed E-state index contributed by atoms with van der Waals surface area (Å²) in [5, 5.41) is 0. The third kappa shape index (κ3) is 15.6. The predicted octanol–water partition coefficient (Wildman–Crippen LogP) is 7.31. The average Bonchev–Trinajstić information content (AvgIpc) is 2.80. The van der Waals surface area contributed by atoms with E-state index in [2.05, 4.69) is 66.7 Å². The lowest BCUT2D eigenvalue weighted by Crippen LogP contribution is -2.04. The van der Waals surface area contributed by atoms with Gasteiger partial charge in [0, 0.05) is 13.0 Å². The fourth-order valence-electron chi connectivity index (χ4n) is 2.25. The van der Waals surface area contributed by atoms with Gasteiger partial charge in [0.15, 0.2) is 11.5 Å². The van der Waals surface area contributed by atoms with E-state index in [-0.39, 0.29) is 5.92 Å². The number of rotatable bonds is 15. The lowest BCUT2D eigenvalue weighted by molar-refractivity contribution is -0.104. The molecule has 0 spiro atoms. The highest BCUT2D eigenvalue weighted by molar-refractivity contribution is 5.70. The van der Waals surface area contributed by atoms with Crippen molar-refractivity contribution in [2.24, 2.45) is 11.8 Å². The Kier molecular flexibility index (Phi) is 18.3. The standard InChI is InChI=1S/C25H38O3.C4H6O/c1-11-18(2)16-22(6)23(7)20(4)13-12-19(3)21(5)17-25(24(8)27-10)28-15-14-26-9;1-4(2)3-5/h12-13,16-18,23H,3-5,8,11,14-15H2,1-2,6-7,9-10H3;3H,1H2,2H3/b13-12-,22-16-,25-17+;. The molecule has 0 amide bonds. The van der Waals surface area contributed by atoms with Crippen LogP contribution in [0.15, 0.2) is 96.6 Å². The maximum atomic E-state index is 9.41. The summed E-state index contributed by atoms with van der Waals surface area (Å²) in [7, 11) is 3.17. The van der Waals surface area contributed by atoms with Gasteiger partial charge in [0.05, 0.1) is 13.7 Å². The molecule has 0 aromatic rings. The SMILES string of the molecule is C=C(/C=C\C(=C)C(C)/C(C)=C\C(C)CC)C(=C)/C=C(/OCCOC)C(=C)OC.C=C(C)C=O. The minimum atomic E-state index is 0.281. The molecule has 0 radical (unpaired) electrons. The van der Waals surface area contributed by atoms with Gasteiger partial charge in [-0.1, -0.05) is 83.9 Å². The molecule has 0 aromatic heterocycles. The van der Waals surface area contributed by atoms with Gasteiger partial charge < -0.3 is 14.2 Å². The van der Waals surface area contributed by atoms with Crippen LogP contribution in [-0.4, -0.2) is 33.7 Å². The first-order valence-electron chi connectivity index (χ1n) is 11.1. The highest BCUT2D eigenvalue weighted by atomic mass is 16.5. The maximum absolute atomic E-state index is 9.41. The summed E-state index contributed by atoms with van der Waals surface area (Å²) in [6, 6.07) is 0. The van der Waals surface area contributed by atoms with Crippen LogP contribution >= 0.6 is 0 Å². The molecular formula is C29H44O4. The first-order valence-corrected chi connectivity index (χ1v) is 11.1. The molecule has 0 heterocycles. The number of methoxy groups -OCH3 is 2. The minimum Gasteiger partial charge on any atom is -0.493 e. The molecule has 0 rings (SSSR count). The Morgan fingerprint density at radius 3 is 1.97 bits per heavy atom. The van der Waals surface area contributed by atoms with E-state index in [1.807, 2.05) is 12.2 Å². The largest absolute Gasteiger partial charge is 0.493 e. The van der Waals surface area contributed by atoms with Crippen LogP contribution in [0.3, 0.4) is 0 Å². The smallest absolute Gasteiger partial charge is 0.161 e. The van der Waals surface area contributed by atoms with Crippen molar-refractivity contribution in [1.29, 1.82) is 0 Å². The van der Waals surface area contributed by atoms with Crippen LogP contribution in [0.2, 0.25) is 0 Å². The molecule has 184 valence electrons. The zero-order valence-electron chi connectivity index (χ0n) is 21.8. The van der Waals surface area contributed by atoms with Crippen molar-refractivity contribution < 1.29 is 19.0 Å². The topological polar surface area (TPSA) is 44.8 Å². The first kappa shape index (κ1) is 32.3. The van der Waals surface area contributed by atoms with E-state index in [1.54, 1.807) is 27.2 Å². The summed E-state index contributed by atoms with van der Waals surface area (Å²) in [6.45, 7) is 30.8. The van der Waals surface area contributed by atoms with E-state index in [0.29, 0.717) is 41.8 Å². The van der Waals surface area contributed by atoms with Crippen molar-refractivity contribution in [3.8, 4) is 0 Å². The number of allylic oxidation sites excluding steroid dienone is 9. The molecule has 0 aliphatic heterocycles. The molecule has 2 unspecified atom stereocenters. The molecule has 0 N–H and O–H groups in total. The minimum absolute atomic E-state index is 0.281.